The molecule has 7 aromatic carbocycles. The molecule has 0 spiro atoms. The van der Waals surface area contributed by atoms with Crippen molar-refractivity contribution in [1.82, 2.24) is 9.13 Å². The zero-order valence-corrected chi connectivity index (χ0v) is 59.5. The van der Waals surface area contributed by atoms with Crippen LogP contribution in [0.1, 0.15) is 373 Å². The molecule has 0 aliphatic carbocycles. The van der Waals surface area contributed by atoms with Crippen LogP contribution >= 0.6 is 0 Å². The number of hydrogen-bond acceptors (Lipinski definition) is 4. The first-order chi connectivity index (χ1) is 45.2. The van der Waals surface area contributed by atoms with E-state index in [-0.39, 0.29) is 34.3 Å². The van der Waals surface area contributed by atoms with E-state index in [0.717, 1.165) is 193 Å². The van der Waals surface area contributed by atoms with Gasteiger partial charge < -0.3 is 0 Å². The predicted octanol–water partition coefficient (Wildman–Crippen LogP) is 26.2. The molecular weight excluding hydrogens is 1120 g/mol. The highest BCUT2D eigenvalue weighted by atomic mass is 16.2. The van der Waals surface area contributed by atoms with Gasteiger partial charge in [0.15, 0.2) is 0 Å². The predicted molar refractivity (Wildman–Crippen MR) is 405 cm³/mol. The zero-order valence-electron chi connectivity index (χ0n) is 59.5. The number of aryl methyl sites for hydroxylation is 2. The van der Waals surface area contributed by atoms with E-state index in [2.05, 4.69) is 77.9 Å². The highest BCUT2D eigenvalue weighted by Crippen LogP contribution is 2.53. The van der Waals surface area contributed by atoms with E-state index >= 15 is 19.2 Å². The second-order valence-corrected chi connectivity index (χ2v) is 29.7. The van der Waals surface area contributed by atoms with Gasteiger partial charge in [0.1, 0.15) is 0 Å². The molecule has 0 aliphatic heterocycles. The minimum Gasteiger partial charge on any atom is -0.271 e. The summed E-state index contributed by atoms with van der Waals surface area (Å²) in [6, 6.07) is 13.3. The summed E-state index contributed by atoms with van der Waals surface area (Å²) in [5, 5.41) is 15.1. The topological polar surface area (TPSA) is 78.1 Å². The van der Waals surface area contributed by atoms with Gasteiger partial charge in [0.05, 0.1) is 0 Å². The summed E-state index contributed by atoms with van der Waals surface area (Å²) in [5.41, 5.74) is 1.96. The van der Waals surface area contributed by atoms with Gasteiger partial charge in [-0.05, 0) is 130 Å². The maximum atomic E-state index is 16.0. The Labute approximate surface area is 555 Å². The van der Waals surface area contributed by atoms with Crippen molar-refractivity contribution >= 4 is 86.2 Å². The fourth-order valence-electron chi connectivity index (χ4n) is 17.1. The van der Waals surface area contributed by atoms with Gasteiger partial charge in [-0.15, -0.1) is 0 Å². The smallest absolute Gasteiger partial charge is 0.261 e. The van der Waals surface area contributed by atoms with Crippen LogP contribution in [-0.4, -0.2) is 9.13 Å². The lowest BCUT2D eigenvalue weighted by atomic mass is 9.77. The van der Waals surface area contributed by atoms with Crippen molar-refractivity contribution in [3.8, 4) is 0 Å². The summed E-state index contributed by atoms with van der Waals surface area (Å²) in [5.74, 6) is 0. The number of benzene rings is 7. The molecule has 0 saturated heterocycles. The van der Waals surface area contributed by atoms with Crippen LogP contribution in [0.2, 0.25) is 0 Å². The third-order valence-electron chi connectivity index (χ3n) is 22.4. The molecule has 0 N–H and O–H groups in total. The number of hydrogen-bond donors (Lipinski definition) is 0. The number of unbranched alkanes of at least 4 members (excludes halogenated alkanes) is 38. The molecule has 6 heteroatoms. The van der Waals surface area contributed by atoms with E-state index in [1.807, 2.05) is 0 Å². The first-order valence-corrected chi connectivity index (χ1v) is 39.8. The maximum Gasteiger partial charge on any atom is 0.261 e. The number of rotatable bonds is 52. The van der Waals surface area contributed by atoms with Gasteiger partial charge >= 0.3 is 0 Å². The van der Waals surface area contributed by atoms with E-state index in [1.165, 1.54) is 204 Å². The van der Waals surface area contributed by atoms with Crippen LogP contribution < -0.4 is 22.2 Å². The van der Waals surface area contributed by atoms with E-state index < -0.39 is 0 Å². The van der Waals surface area contributed by atoms with Gasteiger partial charge in [-0.1, -0.05) is 323 Å². The third-order valence-corrected chi connectivity index (χ3v) is 22.4. The van der Waals surface area contributed by atoms with Crippen molar-refractivity contribution in [3.63, 3.8) is 0 Å². The van der Waals surface area contributed by atoms with Crippen molar-refractivity contribution in [2.75, 3.05) is 0 Å². The Hall–Kier alpha value is -4.84. The van der Waals surface area contributed by atoms with Crippen LogP contribution in [0.25, 0.3) is 86.2 Å². The van der Waals surface area contributed by atoms with Gasteiger partial charge in [-0.25, -0.2) is 0 Å². The second kappa shape index (κ2) is 37.5. The molecule has 92 heavy (non-hydrogen) atoms. The van der Waals surface area contributed by atoms with Crippen molar-refractivity contribution in [2.24, 2.45) is 0 Å². The maximum absolute atomic E-state index is 16.0. The standard InChI is InChI=1S/C86H126N2O4/c1-7-13-19-25-29-33-37-41-47-53-67(54-48-42-38-34-30-26-20-14-8-2)87-83(89)71-59-65-57-64(52-46-24-18-12-6)70-62-74-78-72(84(90)88(86(74)92)68(55-49-43-39-35-31-27-21-15-9-3)56-50-44-40-36-32-28-22-16-10-4)60-66-58-63(51-45-23-17-11-5)69-61-73(85(87)91)77(71)81-75(65)80(70)82(78)76(66)79(69)81/h57-62,67-68H,7-56H2,1-6H3. The van der Waals surface area contributed by atoms with Crippen LogP contribution in [0, 0.1) is 0 Å². The Morgan fingerprint density at radius 1 is 0.228 bits per heavy atom. The second-order valence-electron chi connectivity index (χ2n) is 29.7. The largest absolute Gasteiger partial charge is 0.271 e. The van der Waals surface area contributed by atoms with Crippen molar-refractivity contribution < 1.29 is 0 Å². The Morgan fingerprint density at radius 3 is 0.717 bits per heavy atom. The Bertz CT molecular complexity index is 3530. The molecule has 0 bridgehead atoms. The van der Waals surface area contributed by atoms with Crippen LogP contribution in [-0.2, 0) is 12.8 Å². The lowest BCUT2D eigenvalue weighted by molar-refractivity contribution is 0.381. The zero-order chi connectivity index (χ0) is 64.6. The summed E-state index contributed by atoms with van der Waals surface area (Å²) in [7, 11) is 0. The quantitative estimate of drug-likeness (QED) is 0.0216. The molecule has 2 aromatic heterocycles. The van der Waals surface area contributed by atoms with Crippen molar-refractivity contribution in [2.45, 2.75) is 375 Å². The number of pyridine rings is 2. The molecule has 6 nitrogen and oxygen atoms in total. The lowest BCUT2D eigenvalue weighted by Gasteiger charge is -2.27. The molecule has 0 saturated carbocycles. The minimum absolute atomic E-state index is 0.117. The van der Waals surface area contributed by atoms with Gasteiger partial charge in [-0.3, -0.25) is 28.3 Å². The fraction of sp³-hybridized carbons (Fsp3) is 0.674. The molecule has 9 rings (SSSR count). The van der Waals surface area contributed by atoms with E-state index in [1.54, 1.807) is 9.13 Å². The SMILES string of the molecule is CCCCCCCCCCCC(CCCCCCCCCCC)n1c(=O)c2cc3cc(CCCCCC)c4cc5c(=O)n(C(CCCCCCCCCCC)CCCCCCCCCCC)c(=O)c6cc7cc(CCCCCC)c8cc(c1=O)c2c1c3c4c(c65)c7c81. The number of aromatic nitrogens is 2. The molecule has 0 amide bonds. The molecule has 504 valence electrons. The molecule has 9 aromatic rings. The Morgan fingerprint density at radius 2 is 0.457 bits per heavy atom. The summed E-state index contributed by atoms with van der Waals surface area (Å²) < 4.78 is 3.56. The highest BCUT2D eigenvalue weighted by Gasteiger charge is 2.32. The van der Waals surface area contributed by atoms with Gasteiger partial charge in [-0.2, -0.15) is 0 Å². The normalized spacial score (nSPS) is 12.6. The van der Waals surface area contributed by atoms with Crippen LogP contribution in [0.5, 0.6) is 0 Å². The molecule has 0 atom stereocenters. The summed E-state index contributed by atoms with van der Waals surface area (Å²) in [6.07, 6.45) is 58.7. The van der Waals surface area contributed by atoms with Crippen LogP contribution in [0.15, 0.2) is 55.6 Å². The summed E-state index contributed by atoms with van der Waals surface area (Å²) >= 11 is 0. The molecule has 0 radical (unpaired) electrons. The van der Waals surface area contributed by atoms with E-state index in [0.29, 0.717) is 21.5 Å². The van der Waals surface area contributed by atoms with Gasteiger partial charge in [0.2, 0.25) is 0 Å². The van der Waals surface area contributed by atoms with Gasteiger partial charge in [0.25, 0.3) is 22.2 Å². The Kier molecular flexibility index (Phi) is 29.1. The average molecular weight is 1250 g/mol. The van der Waals surface area contributed by atoms with Crippen LogP contribution in [0.3, 0.4) is 0 Å². The van der Waals surface area contributed by atoms with E-state index in [9.17, 15) is 0 Å². The number of nitrogens with zero attached hydrogens (tertiary/aromatic N) is 2. The summed E-state index contributed by atoms with van der Waals surface area (Å²) in [6.45, 7) is 13.7. The molecule has 0 fully saturated rings. The summed E-state index contributed by atoms with van der Waals surface area (Å²) in [4.78, 5) is 64.0. The average Bonchev–Trinajstić information content (AvgIpc) is 0.664. The monoisotopic (exact) mass is 1250 g/mol. The third kappa shape index (κ3) is 17.2. The van der Waals surface area contributed by atoms with E-state index in [4.69, 9.17) is 0 Å². The first kappa shape index (κ1) is 71.5. The van der Waals surface area contributed by atoms with Gasteiger partial charge in [0, 0.05) is 55.2 Å². The minimum atomic E-state index is -0.152. The van der Waals surface area contributed by atoms with Crippen LogP contribution in [0.4, 0.5) is 0 Å². The molecule has 2 heterocycles. The molecular formula is C86H126N2O4. The highest BCUT2D eigenvalue weighted by molar-refractivity contribution is 6.50. The lowest BCUT2D eigenvalue weighted by Crippen LogP contribution is -2.37. The fourth-order valence-corrected chi connectivity index (χ4v) is 17.1. The molecule has 0 aliphatic rings. The van der Waals surface area contributed by atoms with Crippen molar-refractivity contribution in [3.05, 3.63) is 88.9 Å². The Balaban J connectivity index is 1.21. The van der Waals surface area contributed by atoms with Crippen molar-refractivity contribution in [1.29, 1.82) is 0 Å². The first-order valence-electron chi connectivity index (χ1n) is 39.8. The molecule has 0 unspecified atom stereocenters.